The van der Waals surface area contributed by atoms with E-state index in [1.54, 1.807) is 12.1 Å². The van der Waals surface area contributed by atoms with Gasteiger partial charge in [0.15, 0.2) is 11.6 Å². The lowest BCUT2D eigenvalue weighted by Crippen LogP contribution is -2.03. The van der Waals surface area contributed by atoms with Crippen molar-refractivity contribution in [2.24, 2.45) is 0 Å². The van der Waals surface area contributed by atoms with Crippen molar-refractivity contribution >= 4 is 11.4 Å². The van der Waals surface area contributed by atoms with Gasteiger partial charge in [0.05, 0.1) is 7.11 Å². The van der Waals surface area contributed by atoms with Gasteiger partial charge < -0.3 is 15.4 Å². The van der Waals surface area contributed by atoms with Crippen LogP contribution in [0.3, 0.4) is 0 Å². The Morgan fingerprint density at radius 2 is 2.20 bits per heavy atom. The lowest BCUT2D eigenvalue weighted by Gasteiger charge is -2.12. The summed E-state index contributed by atoms with van der Waals surface area (Å²) in [4.78, 5) is 0. The molecule has 2 N–H and O–H groups in total. The van der Waals surface area contributed by atoms with Crippen molar-refractivity contribution in [3.8, 4) is 5.75 Å². The third-order valence-electron chi connectivity index (χ3n) is 3.57. The van der Waals surface area contributed by atoms with Crippen LogP contribution in [0.2, 0.25) is 0 Å². The molecule has 1 aliphatic rings. The molecule has 1 aliphatic heterocycles. The van der Waals surface area contributed by atoms with Gasteiger partial charge >= 0.3 is 0 Å². The third kappa shape index (κ3) is 2.41. The summed E-state index contributed by atoms with van der Waals surface area (Å²) in [5.41, 5.74) is 4.66. The molecule has 0 unspecified atom stereocenters. The third-order valence-corrected chi connectivity index (χ3v) is 3.57. The van der Waals surface area contributed by atoms with E-state index in [1.165, 1.54) is 30.0 Å². The summed E-state index contributed by atoms with van der Waals surface area (Å²) < 4.78 is 18.3. The normalized spacial score (nSPS) is 12.7. The maximum Gasteiger partial charge on any atom is 0.165 e. The number of benzene rings is 2. The molecule has 0 saturated heterocycles. The Labute approximate surface area is 117 Å². The Morgan fingerprint density at radius 1 is 1.30 bits per heavy atom. The first kappa shape index (κ1) is 12.8. The number of ether oxygens (including phenoxy) is 1. The molecule has 0 aliphatic carbocycles. The highest BCUT2D eigenvalue weighted by Crippen LogP contribution is 2.27. The van der Waals surface area contributed by atoms with Gasteiger partial charge in [-0.15, -0.1) is 0 Å². The molecule has 2 aromatic carbocycles. The summed E-state index contributed by atoms with van der Waals surface area (Å²) in [6.45, 7) is 1.70. The lowest BCUT2D eigenvalue weighted by molar-refractivity contribution is 0.387. The maximum absolute atomic E-state index is 13.4. The SMILES string of the molecule is COc1cc(NCc2cccc3c2NCC3)ccc1F. The van der Waals surface area contributed by atoms with E-state index in [1.807, 2.05) is 0 Å². The van der Waals surface area contributed by atoms with Gasteiger partial charge in [-0.05, 0) is 29.7 Å². The molecule has 2 aromatic rings. The molecule has 0 atom stereocenters. The number of hydrogen-bond donors (Lipinski definition) is 2. The Balaban J connectivity index is 1.75. The van der Waals surface area contributed by atoms with E-state index in [0.29, 0.717) is 6.54 Å². The molecule has 4 heteroatoms. The second kappa shape index (κ2) is 5.41. The number of anilines is 2. The van der Waals surface area contributed by atoms with Crippen LogP contribution in [0.5, 0.6) is 5.75 Å². The van der Waals surface area contributed by atoms with Crippen LogP contribution in [0.4, 0.5) is 15.8 Å². The monoisotopic (exact) mass is 272 g/mol. The van der Waals surface area contributed by atoms with Gasteiger partial charge in [0.25, 0.3) is 0 Å². The van der Waals surface area contributed by atoms with Crippen molar-refractivity contribution in [2.75, 3.05) is 24.3 Å². The molecule has 3 nitrogen and oxygen atoms in total. The van der Waals surface area contributed by atoms with Crippen LogP contribution in [-0.4, -0.2) is 13.7 Å². The Morgan fingerprint density at radius 3 is 3.05 bits per heavy atom. The number of methoxy groups -OCH3 is 1. The van der Waals surface area contributed by atoms with Crippen LogP contribution in [0.15, 0.2) is 36.4 Å². The molecule has 0 aromatic heterocycles. The molecule has 20 heavy (non-hydrogen) atoms. The van der Waals surface area contributed by atoms with Gasteiger partial charge in [-0.1, -0.05) is 18.2 Å². The van der Waals surface area contributed by atoms with Crippen LogP contribution in [-0.2, 0) is 13.0 Å². The zero-order chi connectivity index (χ0) is 13.9. The largest absolute Gasteiger partial charge is 0.494 e. The van der Waals surface area contributed by atoms with Crippen molar-refractivity contribution in [1.29, 1.82) is 0 Å². The molecule has 0 saturated carbocycles. The minimum atomic E-state index is -0.347. The van der Waals surface area contributed by atoms with Crippen molar-refractivity contribution in [3.63, 3.8) is 0 Å². The van der Waals surface area contributed by atoms with Crippen molar-refractivity contribution in [1.82, 2.24) is 0 Å². The molecule has 0 fully saturated rings. The molecule has 0 spiro atoms. The van der Waals surface area contributed by atoms with E-state index >= 15 is 0 Å². The molecule has 104 valence electrons. The topological polar surface area (TPSA) is 33.3 Å². The van der Waals surface area contributed by atoms with Gasteiger partial charge in [0.2, 0.25) is 0 Å². The van der Waals surface area contributed by atoms with E-state index in [0.717, 1.165) is 18.7 Å². The predicted molar refractivity (Wildman–Crippen MR) is 78.9 cm³/mol. The van der Waals surface area contributed by atoms with Crippen LogP contribution >= 0.6 is 0 Å². The lowest BCUT2D eigenvalue weighted by atomic mass is 10.1. The summed E-state index contributed by atoms with van der Waals surface area (Å²) in [6, 6.07) is 11.1. The fourth-order valence-corrected chi connectivity index (χ4v) is 2.53. The fourth-order valence-electron chi connectivity index (χ4n) is 2.53. The smallest absolute Gasteiger partial charge is 0.165 e. The summed E-state index contributed by atoms with van der Waals surface area (Å²) >= 11 is 0. The summed E-state index contributed by atoms with van der Waals surface area (Å²) in [5.74, 6) is -0.0910. The molecule has 1 heterocycles. The summed E-state index contributed by atoms with van der Waals surface area (Å²) in [6.07, 6.45) is 1.08. The Bertz CT molecular complexity index is 628. The Hall–Kier alpha value is -2.23. The second-order valence-corrected chi connectivity index (χ2v) is 4.83. The highest BCUT2D eigenvalue weighted by molar-refractivity contribution is 5.62. The number of fused-ring (bicyclic) bond motifs is 1. The van der Waals surface area contributed by atoms with E-state index in [2.05, 4.69) is 28.8 Å². The minimum absolute atomic E-state index is 0.256. The van der Waals surface area contributed by atoms with Gasteiger partial charge in [-0.25, -0.2) is 4.39 Å². The number of hydrogen-bond acceptors (Lipinski definition) is 3. The number of nitrogens with one attached hydrogen (secondary N) is 2. The van der Waals surface area contributed by atoms with E-state index in [-0.39, 0.29) is 11.6 Å². The van der Waals surface area contributed by atoms with E-state index in [4.69, 9.17) is 4.74 Å². The van der Waals surface area contributed by atoms with Gasteiger partial charge in [0, 0.05) is 30.5 Å². The molecule has 0 bridgehead atoms. The van der Waals surface area contributed by atoms with Gasteiger partial charge in [-0.3, -0.25) is 0 Å². The van der Waals surface area contributed by atoms with E-state index < -0.39 is 0 Å². The number of para-hydroxylation sites is 1. The van der Waals surface area contributed by atoms with Crippen LogP contribution < -0.4 is 15.4 Å². The predicted octanol–water partition coefficient (Wildman–Crippen LogP) is 3.41. The quantitative estimate of drug-likeness (QED) is 0.894. The number of rotatable bonds is 4. The van der Waals surface area contributed by atoms with Crippen molar-refractivity contribution in [3.05, 3.63) is 53.3 Å². The Kier molecular flexibility index (Phi) is 3.46. The number of halogens is 1. The first-order valence-electron chi connectivity index (χ1n) is 6.70. The van der Waals surface area contributed by atoms with Crippen molar-refractivity contribution < 1.29 is 9.13 Å². The van der Waals surface area contributed by atoms with Crippen molar-refractivity contribution in [2.45, 2.75) is 13.0 Å². The first-order valence-corrected chi connectivity index (χ1v) is 6.70. The molecule has 0 radical (unpaired) electrons. The molecule has 3 rings (SSSR count). The average molecular weight is 272 g/mol. The standard InChI is InChI=1S/C16H17FN2O/c1-20-15-9-13(5-6-14(15)17)19-10-12-4-2-3-11-7-8-18-16(11)12/h2-6,9,18-19H,7-8,10H2,1H3. The summed E-state index contributed by atoms with van der Waals surface area (Å²) in [5, 5.41) is 6.72. The average Bonchev–Trinajstić information content (AvgIpc) is 2.95. The van der Waals surface area contributed by atoms with Crippen LogP contribution in [0.25, 0.3) is 0 Å². The molecule has 0 amide bonds. The van der Waals surface area contributed by atoms with E-state index in [9.17, 15) is 4.39 Å². The zero-order valence-corrected chi connectivity index (χ0v) is 11.4. The van der Waals surface area contributed by atoms with Crippen LogP contribution in [0.1, 0.15) is 11.1 Å². The molecular formula is C16H17FN2O. The van der Waals surface area contributed by atoms with Gasteiger partial charge in [0.1, 0.15) is 0 Å². The highest BCUT2D eigenvalue weighted by Gasteiger charge is 2.13. The zero-order valence-electron chi connectivity index (χ0n) is 11.4. The molecular weight excluding hydrogens is 255 g/mol. The second-order valence-electron chi connectivity index (χ2n) is 4.83. The maximum atomic E-state index is 13.4. The fraction of sp³-hybridized carbons (Fsp3) is 0.250. The summed E-state index contributed by atoms with van der Waals surface area (Å²) in [7, 11) is 1.47. The van der Waals surface area contributed by atoms with Crippen LogP contribution in [0, 0.1) is 5.82 Å². The minimum Gasteiger partial charge on any atom is -0.494 e. The highest BCUT2D eigenvalue weighted by atomic mass is 19.1. The first-order chi connectivity index (χ1) is 9.78. The van der Waals surface area contributed by atoms with Gasteiger partial charge in [-0.2, -0.15) is 0 Å².